The van der Waals surface area contributed by atoms with E-state index in [4.69, 9.17) is 5.73 Å². The van der Waals surface area contributed by atoms with Gasteiger partial charge in [0.25, 0.3) is 0 Å². The lowest BCUT2D eigenvalue weighted by atomic mass is 9.82. The molecule has 2 rings (SSSR count). The predicted octanol–water partition coefficient (Wildman–Crippen LogP) is 3.75. The molecule has 98 valence electrons. The summed E-state index contributed by atoms with van der Waals surface area (Å²) in [5, 5.41) is 0. The molecule has 0 aliphatic heterocycles. The Labute approximate surface area is 114 Å². The van der Waals surface area contributed by atoms with Gasteiger partial charge in [-0.25, -0.2) is 0 Å². The summed E-state index contributed by atoms with van der Waals surface area (Å²) in [6.07, 6.45) is 0. The Morgan fingerprint density at radius 1 is 1.00 bits per heavy atom. The standard InChI is InChI=1S/C17H19NO/c1-17(2,3)15-10-5-4-9-14(15)12-7-6-8-13(11-12)16(18)19/h4-11H,1-3H3,(H2,18,19). The Hall–Kier alpha value is -2.09. The first kappa shape index (κ1) is 13.3. The molecule has 0 atom stereocenters. The van der Waals surface area contributed by atoms with Gasteiger partial charge in [-0.15, -0.1) is 0 Å². The molecular formula is C17H19NO. The molecule has 0 aliphatic carbocycles. The Kier molecular flexibility index (Phi) is 3.43. The van der Waals surface area contributed by atoms with Crippen molar-refractivity contribution in [1.82, 2.24) is 0 Å². The van der Waals surface area contributed by atoms with E-state index in [0.717, 1.165) is 11.1 Å². The number of carbonyl (C=O) groups is 1. The van der Waals surface area contributed by atoms with Gasteiger partial charge in [0.1, 0.15) is 0 Å². The lowest BCUT2D eigenvalue weighted by Gasteiger charge is -2.23. The number of hydrogen-bond acceptors (Lipinski definition) is 1. The molecule has 1 amide bonds. The van der Waals surface area contributed by atoms with Gasteiger partial charge >= 0.3 is 0 Å². The average Bonchev–Trinajstić information content (AvgIpc) is 2.38. The van der Waals surface area contributed by atoms with Crippen molar-refractivity contribution in [1.29, 1.82) is 0 Å². The highest BCUT2D eigenvalue weighted by Crippen LogP contribution is 2.32. The van der Waals surface area contributed by atoms with Gasteiger partial charge in [-0.3, -0.25) is 4.79 Å². The summed E-state index contributed by atoms with van der Waals surface area (Å²) < 4.78 is 0. The third kappa shape index (κ3) is 2.84. The second-order valence-electron chi connectivity index (χ2n) is 5.74. The molecule has 0 spiro atoms. The lowest BCUT2D eigenvalue weighted by molar-refractivity contribution is 0.100. The highest BCUT2D eigenvalue weighted by molar-refractivity contribution is 5.94. The molecule has 0 unspecified atom stereocenters. The van der Waals surface area contributed by atoms with Crippen LogP contribution in [-0.4, -0.2) is 5.91 Å². The maximum atomic E-state index is 11.3. The number of hydrogen-bond donors (Lipinski definition) is 1. The molecule has 0 saturated heterocycles. The maximum Gasteiger partial charge on any atom is 0.248 e. The van der Waals surface area contributed by atoms with Gasteiger partial charge in [0.15, 0.2) is 0 Å². The van der Waals surface area contributed by atoms with Gasteiger partial charge in [0.2, 0.25) is 5.91 Å². The molecule has 0 aromatic heterocycles. The lowest BCUT2D eigenvalue weighted by Crippen LogP contribution is -2.13. The van der Waals surface area contributed by atoms with Crippen LogP contribution in [0.4, 0.5) is 0 Å². The molecule has 0 bridgehead atoms. The first-order valence-corrected chi connectivity index (χ1v) is 6.39. The van der Waals surface area contributed by atoms with Gasteiger partial charge in [-0.05, 0) is 34.2 Å². The second-order valence-corrected chi connectivity index (χ2v) is 5.74. The topological polar surface area (TPSA) is 43.1 Å². The summed E-state index contributed by atoms with van der Waals surface area (Å²) in [7, 11) is 0. The fourth-order valence-corrected chi connectivity index (χ4v) is 2.23. The van der Waals surface area contributed by atoms with Crippen LogP contribution >= 0.6 is 0 Å². The van der Waals surface area contributed by atoms with Crippen LogP contribution in [0.5, 0.6) is 0 Å². The zero-order chi connectivity index (χ0) is 14.0. The summed E-state index contributed by atoms with van der Waals surface area (Å²) >= 11 is 0. The van der Waals surface area contributed by atoms with Gasteiger partial charge in [0, 0.05) is 5.56 Å². The van der Waals surface area contributed by atoms with Crippen molar-refractivity contribution in [2.75, 3.05) is 0 Å². The number of benzene rings is 2. The smallest absolute Gasteiger partial charge is 0.248 e. The maximum absolute atomic E-state index is 11.3. The van der Waals surface area contributed by atoms with Gasteiger partial charge in [-0.1, -0.05) is 57.2 Å². The number of primary amides is 1. The van der Waals surface area contributed by atoms with E-state index in [-0.39, 0.29) is 5.41 Å². The van der Waals surface area contributed by atoms with E-state index in [1.54, 1.807) is 6.07 Å². The highest BCUT2D eigenvalue weighted by Gasteiger charge is 2.18. The molecule has 2 nitrogen and oxygen atoms in total. The van der Waals surface area contributed by atoms with E-state index in [1.165, 1.54) is 5.56 Å². The van der Waals surface area contributed by atoms with Crippen LogP contribution in [0, 0.1) is 0 Å². The SMILES string of the molecule is CC(C)(C)c1ccccc1-c1cccc(C(N)=O)c1. The zero-order valence-corrected chi connectivity index (χ0v) is 11.6. The van der Waals surface area contributed by atoms with E-state index in [1.807, 2.05) is 30.3 Å². The van der Waals surface area contributed by atoms with Crippen LogP contribution < -0.4 is 5.73 Å². The molecule has 2 heteroatoms. The molecular weight excluding hydrogens is 234 g/mol. The van der Waals surface area contributed by atoms with Crippen molar-refractivity contribution in [3.63, 3.8) is 0 Å². The van der Waals surface area contributed by atoms with Crippen molar-refractivity contribution >= 4 is 5.91 Å². The molecule has 19 heavy (non-hydrogen) atoms. The number of amides is 1. The van der Waals surface area contributed by atoms with E-state index in [2.05, 4.69) is 32.9 Å². The minimum absolute atomic E-state index is 0.0549. The van der Waals surface area contributed by atoms with Gasteiger partial charge in [0.05, 0.1) is 0 Å². The van der Waals surface area contributed by atoms with Crippen molar-refractivity contribution < 1.29 is 4.79 Å². The predicted molar refractivity (Wildman–Crippen MR) is 79.1 cm³/mol. The van der Waals surface area contributed by atoms with Crippen LogP contribution in [0.15, 0.2) is 48.5 Å². The van der Waals surface area contributed by atoms with Crippen LogP contribution in [0.2, 0.25) is 0 Å². The van der Waals surface area contributed by atoms with E-state index in [9.17, 15) is 4.79 Å². The fourth-order valence-electron chi connectivity index (χ4n) is 2.23. The van der Waals surface area contributed by atoms with Crippen molar-refractivity contribution in [3.05, 3.63) is 59.7 Å². The van der Waals surface area contributed by atoms with E-state index in [0.29, 0.717) is 5.56 Å². The normalized spacial score (nSPS) is 11.3. The molecule has 2 N–H and O–H groups in total. The highest BCUT2D eigenvalue weighted by atomic mass is 16.1. The third-order valence-corrected chi connectivity index (χ3v) is 3.19. The molecule has 0 saturated carbocycles. The number of rotatable bonds is 2. The minimum atomic E-state index is -0.393. The van der Waals surface area contributed by atoms with Crippen LogP contribution in [-0.2, 0) is 5.41 Å². The number of nitrogens with two attached hydrogens (primary N) is 1. The summed E-state index contributed by atoms with van der Waals surface area (Å²) in [5.41, 5.74) is 9.38. The van der Waals surface area contributed by atoms with Crippen LogP contribution in [0.25, 0.3) is 11.1 Å². The average molecular weight is 253 g/mol. The second kappa shape index (κ2) is 4.88. The zero-order valence-electron chi connectivity index (χ0n) is 11.6. The molecule has 0 aliphatic rings. The third-order valence-electron chi connectivity index (χ3n) is 3.19. The van der Waals surface area contributed by atoms with E-state index >= 15 is 0 Å². The van der Waals surface area contributed by atoms with Gasteiger partial charge in [-0.2, -0.15) is 0 Å². The molecule has 2 aromatic rings. The summed E-state index contributed by atoms with van der Waals surface area (Å²) in [6, 6.07) is 15.8. The Balaban J connectivity index is 2.60. The Bertz CT molecular complexity index is 609. The summed E-state index contributed by atoms with van der Waals surface area (Å²) in [5.74, 6) is -0.393. The summed E-state index contributed by atoms with van der Waals surface area (Å²) in [6.45, 7) is 6.55. The number of carbonyl (C=O) groups excluding carboxylic acids is 1. The minimum Gasteiger partial charge on any atom is -0.366 e. The van der Waals surface area contributed by atoms with Crippen molar-refractivity contribution in [3.8, 4) is 11.1 Å². The van der Waals surface area contributed by atoms with Crippen molar-refractivity contribution in [2.24, 2.45) is 5.73 Å². The molecule has 2 aromatic carbocycles. The fraction of sp³-hybridized carbons (Fsp3) is 0.235. The molecule has 0 radical (unpaired) electrons. The van der Waals surface area contributed by atoms with Crippen molar-refractivity contribution in [2.45, 2.75) is 26.2 Å². The van der Waals surface area contributed by atoms with E-state index < -0.39 is 5.91 Å². The van der Waals surface area contributed by atoms with Crippen LogP contribution in [0.3, 0.4) is 0 Å². The first-order valence-electron chi connectivity index (χ1n) is 6.39. The monoisotopic (exact) mass is 253 g/mol. The van der Waals surface area contributed by atoms with Gasteiger partial charge < -0.3 is 5.73 Å². The Morgan fingerprint density at radius 3 is 2.32 bits per heavy atom. The quantitative estimate of drug-likeness (QED) is 0.870. The molecule has 0 fully saturated rings. The first-order chi connectivity index (χ1) is 8.89. The Morgan fingerprint density at radius 2 is 1.68 bits per heavy atom. The molecule has 0 heterocycles. The van der Waals surface area contributed by atoms with Crippen LogP contribution in [0.1, 0.15) is 36.7 Å². The largest absolute Gasteiger partial charge is 0.366 e. The summed E-state index contributed by atoms with van der Waals surface area (Å²) in [4.78, 5) is 11.3.